The number of sulfonamides is 1. The Hall–Kier alpha value is -2.94. The first-order valence-electron chi connectivity index (χ1n) is 7.97. The van der Waals surface area contributed by atoms with Crippen LogP contribution in [0.15, 0.2) is 47.4 Å². The summed E-state index contributed by atoms with van der Waals surface area (Å²) in [7, 11) is -0.880. The number of rotatable bonds is 6. The maximum Gasteiger partial charge on any atom is 0.261 e. The van der Waals surface area contributed by atoms with E-state index in [4.69, 9.17) is 0 Å². The van der Waals surface area contributed by atoms with Gasteiger partial charge >= 0.3 is 0 Å². The summed E-state index contributed by atoms with van der Waals surface area (Å²) >= 11 is 0. The van der Waals surface area contributed by atoms with Gasteiger partial charge in [-0.1, -0.05) is 12.1 Å². The van der Waals surface area contributed by atoms with Crippen molar-refractivity contribution >= 4 is 27.5 Å². The minimum absolute atomic E-state index is 0.141. The van der Waals surface area contributed by atoms with Crippen molar-refractivity contribution in [3.8, 4) is 0 Å². The summed E-state index contributed by atoms with van der Waals surface area (Å²) in [5, 5.41) is 2.46. The second kappa shape index (κ2) is 8.17. The van der Waals surface area contributed by atoms with Gasteiger partial charge in [-0.05, 0) is 42.8 Å². The molecule has 0 aliphatic carbocycles. The fourth-order valence-electron chi connectivity index (χ4n) is 2.09. The molecule has 0 saturated heterocycles. The number of amides is 2. The molecule has 0 spiro atoms. The van der Waals surface area contributed by atoms with Gasteiger partial charge in [0, 0.05) is 25.3 Å². The van der Waals surface area contributed by atoms with Crippen LogP contribution in [0.1, 0.15) is 15.9 Å². The number of anilines is 1. The quantitative estimate of drug-likeness (QED) is 0.782. The molecule has 144 valence electrons. The van der Waals surface area contributed by atoms with Gasteiger partial charge in [0.1, 0.15) is 5.82 Å². The highest BCUT2D eigenvalue weighted by Crippen LogP contribution is 2.19. The first-order valence-corrected chi connectivity index (χ1v) is 9.46. The predicted molar refractivity (Wildman–Crippen MR) is 99.4 cm³/mol. The molecule has 0 bridgehead atoms. The predicted octanol–water partition coefficient (Wildman–Crippen LogP) is 1.75. The van der Waals surface area contributed by atoms with Gasteiger partial charge < -0.3 is 10.2 Å². The third-order valence-electron chi connectivity index (χ3n) is 3.73. The van der Waals surface area contributed by atoms with Crippen LogP contribution in [0, 0.1) is 12.7 Å². The number of carbonyl (C=O) groups is 2. The smallest absolute Gasteiger partial charge is 0.261 e. The van der Waals surface area contributed by atoms with Crippen molar-refractivity contribution in [1.29, 1.82) is 0 Å². The summed E-state index contributed by atoms with van der Waals surface area (Å²) in [6.45, 7) is 1.35. The van der Waals surface area contributed by atoms with E-state index in [2.05, 4.69) is 10.0 Å². The van der Waals surface area contributed by atoms with E-state index < -0.39 is 21.7 Å². The summed E-state index contributed by atoms with van der Waals surface area (Å²) in [4.78, 5) is 24.8. The van der Waals surface area contributed by atoms with Gasteiger partial charge in [0.25, 0.3) is 15.9 Å². The van der Waals surface area contributed by atoms with Crippen LogP contribution >= 0.6 is 0 Å². The lowest BCUT2D eigenvalue weighted by molar-refractivity contribution is -0.127. The highest BCUT2D eigenvalue weighted by atomic mass is 32.2. The molecule has 2 aromatic rings. The average Bonchev–Trinajstić information content (AvgIpc) is 2.61. The third kappa shape index (κ3) is 5.27. The molecule has 0 atom stereocenters. The van der Waals surface area contributed by atoms with Gasteiger partial charge in [0.15, 0.2) is 0 Å². The molecule has 9 heteroatoms. The Bertz CT molecular complexity index is 974. The number of benzene rings is 2. The summed E-state index contributed by atoms with van der Waals surface area (Å²) in [5.74, 6) is -1.43. The lowest BCUT2D eigenvalue weighted by Gasteiger charge is -2.12. The van der Waals surface area contributed by atoms with Crippen molar-refractivity contribution in [1.82, 2.24) is 10.2 Å². The first-order chi connectivity index (χ1) is 12.6. The zero-order valence-corrected chi connectivity index (χ0v) is 15.9. The van der Waals surface area contributed by atoms with Crippen LogP contribution in [0.25, 0.3) is 0 Å². The highest BCUT2D eigenvalue weighted by molar-refractivity contribution is 7.92. The minimum atomic E-state index is -4.01. The van der Waals surface area contributed by atoms with E-state index in [1.54, 1.807) is 14.1 Å². The molecule has 2 N–H and O–H groups in total. The summed E-state index contributed by atoms with van der Waals surface area (Å²) < 4.78 is 40.8. The molecule has 0 saturated carbocycles. The maximum atomic E-state index is 13.6. The lowest BCUT2D eigenvalue weighted by atomic mass is 10.2. The zero-order chi connectivity index (χ0) is 20.2. The van der Waals surface area contributed by atoms with Crippen molar-refractivity contribution in [2.24, 2.45) is 0 Å². The van der Waals surface area contributed by atoms with E-state index >= 15 is 0 Å². The van der Waals surface area contributed by atoms with Crippen LogP contribution in [-0.2, 0) is 14.8 Å². The zero-order valence-electron chi connectivity index (χ0n) is 15.1. The molecule has 27 heavy (non-hydrogen) atoms. The molecule has 0 unspecified atom stereocenters. The van der Waals surface area contributed by atoms with Crippen LogP contribution in [0.4, 0.5) is 10.1 Å². The summed E-state index contributed by atoms with van der Waals surface area (Å²) in [5.41, 5.74) is 0.652. The summed E-state index contributed by atoms with van der Waals surface area (Å²) in [6, 6.07) is 9.37. The standard InChI is InChI=1S/C18H20FN3O4S/c1-12-7-8-15(10-16(12)19)27(25,26)21-14-6-4-5-13(9-14)18(24)20-11-17(23)22(2)3/h4-10,21H,11H2,1-3H3,(H,20,24). The van der Waals surface area contributed by atoms with Crippen LogP contribution in [0.5, 0.6) is 0 Å². The molecular weight excluding hydrogens is 373 g/mol. The van der Waals surface area contributed by atoms with Crippen LogP contribution in [0.3, 0.4) is 0 Å². The number of nitrogens with one attached hydrogen (secondary N) is 2. The largest absolute Gasteiger partial charge is 0.347 e. The van der Waals surface area contributed by atoms with Gasteiger partial charge in [-0.15, -0.1) is 0 Å². The Kier molecular flexibility index (Phi) is 6.17. The molecule has 2 rings (SSSR count). The number of hydrogen-bond acceptors (Lipinski definition) is 4. The highest BCUT2D eigenvalue weighted by Gasteiger charge is 2.17. The van der Waals surface area contributed by atoms with E-state index in [0.29, 0.717) is 5.56 Å². The van der Waals surface area contributed by atoms with Gasteiger partial charge in [-0.2, -0.15) is 0 Å². The number of nitrogens with zero attached hydrogens (tertiary/aromatic N) is 1. The Morgan fingerprint density at radius 1 is 1.11 bits per heavy atom. The van der Waals surface area contributed by atoms with Crippen LogP contribution in [0.2, 0.25) is 0 Å². The topological polar surface area (TPSA) is 95.6 Å². The molecule has 0 aliphatic heterocycles. The third-order valence-corrected chi connectivity index (χ3v) is 5.11. The van der Waals surface area contributed by atoms with Crippen LogP contribution in [-0.4, -0.2) is 45.8 Å². The normalized spacial score (nSPS) is 11.0. The molecule has 7 nitrogen and oxygen atoms in total. The van der Waals surface area contributed by atoms with Crippen LogP contribution < -0.4 is 10.0 Å². The molecule has 0 aromatic heterocycles. The van der Waals surface area contributed by atoms with Crippen molar-refractivity contribution < 1.29 is 22.4 Å². The number of aryl methyl sites for hydroxylation is 1. The van der Waals surface area contributed by atoms with Gasteiger partial charge in [0.2, 0.25) is 5.91 Å². The molecule has 0 radical (unpaired) electrons. The molecule has 0 heterocycles. The number of hydrogen-bond donors (Lipinski definition) is 2. The van der Waals surface area contributed by atoms with Crippen molar-refractivity contribution in [2.45, 2.75) is 11.8 Å². The molecule has 0 aliphatic rings. The SMILES string of the molecule is Cc1ccc(S(=O)(=O)Nc2cccc(C(=O)NCC(=O)N(C)C)c2)cc1F. The van der Waals surface area contributed by atoms with E-state index in [1.165, 1.54) is 48.2 Å². The lowest BCUT2D eigenvalue weighted by Crippen LogP contribution is -2.36. The minimum Gasteiger partial charge on any atom is -0.347 e. The molecular formula is C18H20FN3O4S. The van der Waals surface area contributed by atoms with Crippen molar-refractivity contribution in [3.05, 3.63) is 59.4 Å². The number of likely N-dealkylation sites (N-methyl/N-ethyl adjacent to an activating group) is 1. The van der Waals surface area contributed by atoms with Gasteiger partial charge in [0.05, 0.1) is 11.4 Å². The van der Waals surface area contributed by atoms with E-state index in [-0.39, 0.29) is 28.6 Å². The fourth-order valence-corrected chi connectivity index (χ4v) is 3.16. The Morgan fingerprint density at radius 3 is 2.44 bits per heavy atom. The van der Waals surface area contributed by atoms with E-state index in [1.807, 2.05) is 0 Å². The molecule has 2 aromatic carbocycles. The maximum absolute atomic E-state index is 13.6. The van der Waals surface area contributed by atoms with E-state index in [0.717, 1.165) is 6.07 Å². The Morgan fingerprint density at radius 2 is 1.81 bits per heavy atom. The van der Waals surface area contributed by atoms with E-state index in [9.17, 15) is 22.4 Å². The Balaban J connectivity index is 2.16. The molecule has 0 fully saturated rings. The van der Waals surface area contributed by atoms with Crippen molar-refractivity contribution in [3.63, 3.8) is 0 Å². The first kappa shape index (κ1) is 20.4. The van der Waals surface area contributed by atoms with Gasteiger partial charge in [-0.25, -0.2) is 12.8 Å². The second-order valence-corrected chi connectivity index (χ2v) is 7.75. The molecule has 2 amide bonds. The monoisotopic (exact) mass is 393 g/mol. The second-order valence-electron chi connectivity index (χ2n) is 6.07. The average molecular weight is 393 g/mol. The Labute approximate surface area is 157 Å². The fraction of sp³-hybridized carbons (Fsp3) is 0.222. The number of halogens is 1. The van der Waals surface area contributed by atoms with Crippen molar-refractivity contribution in [2.75, 3.05) is 25.4 Å². The number of carbonyl (C=O) groups excluding carboxylic acids is 2. The summed E-state index contributed by atoms with van der Waals surface area (Å²) in [6.07, 6.45) is 0. The van der Waals surface area contributed by atoms with Gasteiger partial charge in [-0.3, -0.25) is 14.3 Å².